The van der Waals surface area contributed by atoms with Crippen molar-refractivity contribution in [3.8, 4) is 0 Å². The fourth-order valence-corrected chi connectivity index (χ4v) is 3.60. The summed E-state index contributed by atoms with van der Waals surface area (Å²) in [5, 5.41) is 0. The van der Waals surface area contributed by atoms with Gasteiger partial charge in [-0.2, -0.15) is 0 Å². The fraction of sp³-hybridized carbons (Fsp3) is 0.200. The van der Waals surface area contributed by atoms with Crippen LogP contribution >= 0.6 is 20.3 Å². The Balaban J connectivity index is 0.00000144. The highest BCUT2D eigenvalue weighted by Crippen LogP contribution is 2.48. The Morgan fingerprint density at radius 2 is 1.06 bits per heavy atom. The van der Waals surface area contributed by atoms with Crippen LogP contribution in [0, 0.1) is 0 Å². The topological polar surface area (TPSA) is 0 Å². The molecule has 2 rings (SSSR count). The molecule has 0 aromatic heterocycles. The van der Waals surface area contributed by atoms with Gasteiger partial charge in [-0.1, -0.05) is 60.7 Å². The molecule has 2 aromatic rings. The van der Waals surface area contributed by atoms with Crippen molar-refractivity contribution in [2.45, 2.75) is 5.66 Å². The molecule has 0 saturated heterocycles. The van der Waals surface area contributed by atoms with Crippen molar-refractivity contribution in [3.63, 3.8) is 0 Å². The Morgan fingerprint density at radius 1 is 0.706 bits per heavy atom. The lowest BCUT2D eigenvalue weighted by molar-refractivity contribution is 1.14. The van der Waals surface area contributed by atoms with Crippen LogP contribution in [0.15, 0.2) is 60.7 Å². The van der Waals surface area contributed by atoms with E-state index in [1.165, 1.54) is 11.1 Å². The van der Waals surface area contributed by atoms with E-state index in [-0.39, 0.29) is 20.3 Å². The number of halogens is 1. The van der Waals surface area contributed by atoms with Gasteiger partial charge in [0.15, 0.2) is 0 Å². The lowest BCUT2D eigenvalue weighted by Crippen LogP contribution is -1.97. The van der Waals surface area contributed by atoms with Gasteiger partial charge in [-0.05, 0) is 24.5 Å². The van der Waals surface area contributed by atoms with Crippen LogP contribution in [0.2, 0.25) is 0 Å². The summed E-state index contributed by atoms with van der Waals surface area (Å²) in [6, 6.07) is 21.6. The van der Waals surface area contributed by atoms with E-state index in [1.807, 2.05) is 0 Å². The number of rotatable bonds is 3. The van der Waals surface area contributed by atoms with Gasteiger partial charge in [-0.15, -0.1) is 20.3 Å². The average molecular weight is 265 g/mol. The second-order valence-corrected chi connectivity index (χ2v) is 6.63. The molecule has 2 heteroatoms. The summed E-state index contributed by atoms with van der Waals surface area (Å²) in [5.41, 5.74) is 3.44. The Bertz CT molecular complexity index is 386. The van der Waals surface area contributed by atoms with Crippen molar-refractivity contribution >= 4 is 20.3 Å². The highest BCUT2D eigenvalue weighted by Gasteiger charge is 2.16. The zero-order valence-corrected chi connectivity index (χ0v) is 11.9. The van der Waals surface area contributed by atoms with Crippen LogP contribution in [0.4, 0.5) is 0 Å². The van der Waals surface area contributed by atoms with Crippen molar-refractivity contribution in [3.05, 3.63) is 71.8 Å². The summed E-state index contributed by atoms with van der Waals surface area (Å²) in [7, 11) is -0.0165. The summed E-state index contributed by atoms with van der Waals surface area (Å²) in [4.78, 5) is 0. The second kappa shape index (κ2) is 6.79. The zero-order chi connectivity index (χ0) is 11.4. The highest BCUT2D eigenvalue weighted by atomic mass is 35.5. The molecule has 0 aliphatic rings. The molecule has 0 fully saturated rings. The van der Waals surface area contributed by atoms with E-state index in [0.29, 0.717) is 5.66 Å². The third-order valence-corrected chi connectivity index (χ3v) is 4.38. The van der Waals surface area contributed by atoms with Crippen molar-refractivity contribution in [1.29, 1.82) is 0 Å². The van der Waals surface area contributed by atoms with Gasteiger partial charge in [0.25, 0.3) is 0 Å². The number of benzene rings is 2. The van der Waals surface area contributed by atoms with Crippen LogP contribution in [-0.4, -0.2) is 13.3 Å². The Morgan fingerprint density at radius 3 is 1.35 bits per heavy atom. The van der Waals surface area contributed by atoms with Crippen LogP contribution in [0.1, 0.15) is 16.8 Å². The normalized spacial score (nSPS) is 10.4. The standard InChI is InChI=1S/C15H17P.ClH/c1-16(2)15(13-9-5-3-6-10-13)14-11-7-4-8-12-14;/h3-12,15H,1-2H3;1H. The van der Waals surface area contributed by atoms with Gasteiger partial charge in [0.2, 0.25) is 0 Å². The molecule has 0 atom stereocenters. The maximum Gasteiger partial charge on any atom is 0.0286 e. The van der Waals surface area contributed by atoms with E-state index in [1.54, 1.807) is 0 Å². The van der Waals surface area contributed by atoms with E-state index in [4.69, 9.17) is 0 Å². The number of hydrogen-bond donors (Lipinski definition) is 0. The summed E-state index contributed by atoms with van der Waals surface area (Å²) in [5.74, 6) is 0. The Kier molecular flexibility index (Phi) is 5.68. The first-order chi connectivity index (χ1) is 7.79. The van der Waals surface area contributed by atoms with Crippen LogP contribution in [0.5, 0.6) is 0 Å². The molecule has 0 aliphatic heterocycles. The molecule has 0 radical (unpaired) electrons. The van der Waals surface area contributed by atoms with E-state index in [9.17, 15) is 0 Å². The van der Waals surface area contributed by atoms with E-state index in [2.05, 4.69) is 74.0 Å². The van der Waals surface area contributed by atoms with Crippen LogP contribution in [-0.2, 0) is 0 Å². The first-order valence-electron chi connectivity index (χ1n) is 5.55. The SMILES string of the molecule is CP(C)C(c1ccccc1)c1ccccc1.Cl. The maximum absolute atomic E-state index is 2.35. The lowest BCUT2D eigenvalue weighted by atomic mass is 10.0. The van der Waals surface area contributed by atoms with Gasteiger partial charge in [0, 0.05) is 5.66 Å². The molecule has 2 aromatic carbocycles. The summed E-state index contributed by atoms with van der Waals surface area (Å²) in [6.07, 6.45) is 0. The molecule has 0 heterocycles. The molecule has 17 heavy (non-hydrogen) atoms. The van der Waals surface area contributed by atoms with E-state index >= 15 is 0 Å². The maximum atomic E-state index is 2.35. The molecular weight excluding hydrogens is 247 g/mol. The minimum absolute atomic E-state index is 0. The van der Waals surface area contributed by atoms with Crippen molar-refractivity contribution in [2.75, 3.05) is 13.3 Å². The summed E-state index contributed by atoms with van der Waals surface area (Å²) in [6.45, 7) is 4.69. The number of hydrogen-bond acceptors (Lipinski definition) is 0. The van der Waals surface area contributed by atoms with Crippen molar-refractivity contribution in [2.24, 2.45) is 0 Å². The largest absolute Gasteiger partial charge is 0.147 e. The predicted octanol–water partition coefficient (Wildman–Crippen LogP) is 4.94. The molecule has 0 bridgehead atoms. The minimum Gasteiger partial charge on any atom is -0.147 e. The lowest BCUT2D eigenvalue weighted by Gasteiger charge is -2.22. The van der Waals surface area contributed by atoms with E-state index < -0.39 is 0 Å². The van der Waals surface area contributed by atoms with Gasteiger partial charge in [0.05, 0.1) is 0 Å². The minimum atomic E-state index is -0.0165. The monoisotopic (exact) mass is 264 g/mol. The smallest absolute Gasteiger partial charge is 0.0286 e. The average Bonchev–Trinajstić information content (AvgIpc) is 2.31. The highest BCUT2D eigenvalue weighted by molar-refractivity contribution is 7.56. The van der Waals surface area contributed by atoms with Crippen LogP contribution in [0.25, 0.3) is 0 Å². The molecule has 0 unspecified atom stereocenters. The third kappa shape index (κ3) is 3.56. The van der Waals surface area contributed by atoms with Gasteiger partial charge < -0.3 is 0 Å². The third-order valence-electron chi connectivity index (χ3n) is 2.75. The molecule has 0 saturated carbocycles. The Labute approximate surface area is 111 Å². The van der Waals surface area contributed by atoms with Crippen molar-refractivity contribution < 1.29 is 0 Å². The van der Waals surface area contributed by atoms with Gasteiger partial charge >= 0.3 is 0 Å². The second-order valence-electron chi connectivity index (χ2n) is 4.19. The quantitative estimate of drug-likeness (QED) is 0.689. The van der Waals surface area contributed by atoms with Crippen molar-refractivity contribution in [1.82, 2.24) is 0 Å². The first kappa shape index (κ1) is 14.2. The first-order valence-corrected chi connectivity index (χ1v) is 7.86. The van der Waals surface area contributed by atoms with Gasteiger partial charge in [-0.25, -0.2) is 0 Å². The van der Waals surface area contributed by atoms with Crippen LogP contribution in [0.3, 0.4) is 0 Å². The van der Waals surface area contributed by atoms with Crippen LogP contribution < -0.4 is 0 Å². The van der Waals surface area contributed by atoms with E-state index in [0.717, 1.165) is 0 Å². The molecule has 0 spiro atoms. The molecular formula is C15H18ClP. The molecule has 0 nitrogen and oxygen atoms in total. The predicted molar refractivity (Wildman–Crippen MR) is 80.7 cm³/mol. The fourth-order valence-electron chi connectivity index (χ4n) is 2.06. The summed E-state index contributed by atoms with van der Waals surface area (Å²) >= 11 is 0. The molecule has 0 amide bonds. The molecule has 0 aliphatic carbocycles. The summed E-state index contributed by atoms with van der Waals surface area (Å²) < 4.78 is 0. The molecule has 0 N–H and O–H groups in total. The van der Waals surface area contributed by atoms with Gasteiger partial charge in [-0.3, -0.25) is 0 Å². The van der Waals surface area contributed by atoms with Gasteiger partial charge in [0.1, 0.15) is 0 Å². The zero-order valence-electron chi connectivity index (χ0n) is 10.2. The Hall–Kier alpha value is -0.840. The molecule has 90 valence electrons.